The minimum absolute atomic E-state index is 0.132. The molecule has 0 aliphatic heterocycles. The third kappa shape index (κ3) is 7.20. The summed E-state index contributed by atoms with van der Waals surface area (Å²) in [6.45, 7) is 9.36. The predicted octanol–water partition coefficient (Wildman–Crippen LogP) is 3.72. The van der Waals surface area contributed by atoms with Crippen molar-refractivity contribution in [3.05, 3.63) is 72.3 Å². The zero-order valence-corrected chi connectivity index (χ0v) is 17.3. The van der Waals surface area contributed by atoms with Gasteiger partial charge in [-0.05, 0) is 35.4 Å². The smallest absolute Gasteiger partial charge is 0.119 e. The van der Waals surface area contributed by atoms with E-state index in [9.17, 15) is 5.11 Å². The van der Waals surface area contributed by atoms with Crippen molar-refractivity contribution in [2.45, 2.75) is 31.8 Å². The average Bonchev–Trinajstić information content (AvgIpc) is 2.73. The van der Waals surface area contributed by atoms with E-state index in [0.717, 1.165) is 11.3 Å². The second-order valence-corrected chi connectivity index (χ2v) is 7.39. The Balaban J connectivity index is 1.94. The van der Waals surface area contributed by atoms with E-state index in [4.69, 9.17) is 19.3 Å². The number of aliphatic hydroxyl groups is 2. The summed E-state index contributed by atoms with van der Waals surface area (Å²) in [6.07, 6.45) is 1.59. The van der Waals surface area contributed by atoms with E-state index in [0.29, 0.717) is 25.4 Å². The van der Waals surface area contributed by atoms with Crippen LogP contribution in [0.1, 0.15) is 31.4 Å². The molecule has 0 saturated heterocycles. The molecule has 0 saturated carbocycles. The fourth-order valence-electron chi connectivity index (χ4n) is 2.88. The molecule has 0 aliphatic carbocycles. The number of hydrogen-bond acceptors (Lipinski definition) is 5. The number of rotatable bonds is 13. The highest BCUT2D eigenvalue weighted by atomic mass is 16.5. The van der Waals surface area contributed by atoms with E-state index < -0.39 is 6.10 Å². The monoisotopic (exact) mass is 400 g/mol. The second-order valence-electron chi connectivity index (χ2n) is 7.39. The maximum absolute atomic E-state index is 9.85. The SMILES string of the molecule is C=CCOCC(O)COc1ccc(C(C)(C)c2ccc(OCCCO)cc2)cc1. The van der Waals surface area contributed by atoms with Gasteiger partial charge < -0.3 is 24.4 Å². The highest BCUT2D eigenvalue weighted by Crippen LogP contribution is 2.33. The normalized spacial score (nSPS) is 12.4. The molecular weight excluding hydrogens is 368 g/mol. The Hall–Kier alpha value is -2.34. The molecule has 2 aromatic carbocycles. The molecule has 5 nitrogen and oxygen atoms in total. The van der Waals surface area contributed by atoms with E-state index in [2.05, 4.69) is 32.6 Å². The van der Waals surface area contributed by atoms with Crippen molar-refractivity contribution in [1.82, 2.24) is 0 Å². The molecule has 29 heavy (non-hydrogen) atoms. The van der Waals surface area contributed by atoms with E-state index in [1.54, 1.807) is 6.08 Å². The van der Waals surface area contributed by atoms with E-state index in [-0.39, 0.29) is 25.2 Å². The molecule has 0 aromatic heterocycles. The molecule has 0 radical (unpaired) electrons. The molecule has 2 N–H and O–H groups in total. The van der Waals surface area contributed by atoms with Crippen LogP contribution in [-0.4, -0.2) is 49.4 Å². The van der Waals surface area contributed by atoms with Crippen LogP contribution in [0.25, 0.3) is 0 Å². The first-order chi connectivity index (χ1) is 14.0. The van der Waals surface area contributed by atoms with Crippen LogP contribution in [0, 0.1) is 0 Å². The molecule has 0 aliphatic rings. The van der Waals surface area contributed by atoms with Crippen molar-refractivity contribution < 1.29 is 24.4 Å². The summed E-state index contributed by atoms with van der Waals surface area (Å²) in [6, 6.07) is 16.0. The minimum atomic E-state index is -0.677. The molecule has 0 fully saturated rings. The lowest BCUT2D eigenvalue weighted by molar-refractivity contribution is 0.0214. The quantitative estimate of drug-likeness (QED) is 0.396. The van der Waals surface area contributed by atoms with Crippen molar-refractivity contribution >= 4 is 0 Å². The van der Waals surface area contributed by atoms with Crippen LogP contribution in [-0.2, 0) is 10.2 Å². The van der Waals surface area contributed by atoms with Gasteiger partial charge in [-0.3, -0.25) is 0 Å². The van der Waals surface area contributed by atoms with Crippen LogP contribution in [0.4, 0.5) is 0 Å². The number of aliphatic hydroxyl groups excluding tert-OH is 2. The largest absolute Gasteiger partial charge is 0.494 e. The summed E-state index contributed by atoms with van der Waals surface area (Å²) < 4.78 is 16.5. The predicted molar refractivity (Wildman–Crippen MR) is 115 cm³/mol. The van der Waals surface area contributed by atoms with Gasteiger partial charge in [0, 0.05) is 18.4 Å². The van der Waals surface area contributed by atoms with Crippen molar-refractivity contribution in [2.75, 3.05) is 33.0 Å². The Morgan fingerprint density at radius 2 is 1.48 bits per heavy atom. The molecule has 0 amide bonds. The Kier molecular flexibility index (Phi) is 9.19. The van der Waals surface area contributed by atoms with Crippen molar-refractivity contribution in [2.24, 2.45) is 0 Å². The fraction of sp³-hybridized carbons (Fsp3) is 0.417. The highest BCUT2D eigenvalue weighted by molar-refractivity contribution is 5.41. The van der Waals surface area contributed by atoms with Gasteiger partial charge in [0.1, 0.15) is 24.2 Å². The summed E-state index contributed by atoms with van der Waals surface area (Å²) in [4.78, 5) is 0. The lowest BCUT2D eigenvalue weighted by Gasteiger charge is -2.26. The molecule has 2 aromatic rings. The van der Waals surface area contributed by atoms with E-state index in [1.807, 2.05) is 36.4 Å². The summed E-state index contributed by atoms with van der Waals surface area (Å²) in [5.41, 5.74) is 2.16. The van der Waals surface area contributed by atoms with E-state index in [1.165, 1.54) is 5.56 Å². The zero-order chi connectivity index (χ0) is 21.1. The summed E-state index contributed by atoms with van der Waals surface area (Å²) in [7, 11) is 0. The molecule has 158 valence electrons. The van der Waals surface area contributed by atoms with Gasteiger partial charge in [-0.1, -0.05) is 44.2 Å². The number of benzene rings is 2. The second kappa shape index (κ2) is 11.6. The molecule has 1 atom stereocenters. The van der Waals surface area contributed by atoms with Gasteiger partial charge in [0.05, 0.1) is 19.8 Å². The van der Waals surface area contributed by atoms with Gasteiger partial charge in [0.25, 0.3) is 0 Å². The van der Waals surface area contributed by atoms with Gasteiger partial charge in [0.2, 0.25) is 0 Å². The van der Waals surface area contributed by atoms with Crippen LogP contribution in [0.3, 0.4) is 0 Å². The van der Waals surface area contributed by atoms with Gasteiger partial charge in [-0.2, -0.15) is 0 Å². The van der Waals surface area contributed by atoms with Crippen LogP contribution in [0.2, 0.25) is 0 Å². The lowest BCUT2D eigenvalue weighted by Crippen LogP contribution is -2.23. The van der Waals surface area contributed by atoms with Crippen LogP contribution in [0.15, 0.2) is 61.2 Å². The van der Waals surface area contributed by atoms with Crippen molar-refractivity contribution in [1.29, 1.82) is 0 Å². The maximum Gasteiger partial charge on any atom is 0.119 e. The third-order valence-electron chi connectivity index (χ3n) is 4.71. The molecule has 0 spiro atoms. The maximum atomic E-state index is 9.85. The number of ether oxygens (including phenoxy) is 3. The van der Waals surface area contributed by atoms with Crippen molar-refractivity contribution in [3.8, 4) is 11.5 Å². The van der Waals surface area contributed by atoms with Crippen LogP contribution < -0.4 is 9.47 Å². The third-order valence-corrected chi connectivity index (χ3v) is 4.71. The topological polar surface area (TPSA) is 68.2 Å². The van der Waals surface area contributed by atoms with Gasteiger partial charge in [-0.15, -0.1) is 6.58 Å². The van der Waals surface area contributed by atoms with Gasteiger partial charge >= 0.3 is 0 Å². The Morgan fingerprint density at radius 1 is 0.931 bits per heavy atom. The Labute approximate surface area is 173 Å². The standard InChI is InChI=1S/C24H32O5/c1-4-15-27-17-21(26)18-29-23-12-8-20(9-13-23)24(2,3)19-6-10-22(11-7-19)28-16-5-14-25/h4,6-13,21,25-26H,1,5,14-18H2,2-3H3. The first-order valence-corrected chi connectivity index (χ1v) is 9.91. The highest BCUT2D eigenvalue weighted by Gasteiger charge is 2.23. The van der Waals surface area contributed by atoms with Gasteiger partial charge in [-0.25, -0.2) is 0 Å². The fourth-order valence-corrected chi connectivity index (χ4v) is 2.88. The van der Waals surface area contributed by atoms with E-state index >= 15 is 0 Å². The van der Waals surface area contributed by atoms with Crippen molar-refractivity contribution in [3.63, 3.8) is 0 Å². The van der Waals surface area contributed by atoms with Gasteiger partial charge in [0.15, 0.2) is 0 Å². The Bertz CT molecular complexity index is 722. The summed E-state index contributed by atoms with van der Waals surface area (Å²) in [5, 5.41) is 18.7. The molecule has 1 unspecified atom stereocenters. The summed E-state index contributed by atoms with van der Waals surface area (Å²) >= 11 is 0. The minimum Gasteiger partial charge on any atom is -0.494 e. The molecular formula is C24H32O5. The average molecular weight is 401 g/mol. The molecule has 5 heteroatoms. The first-order valence-electron chi connectivity index (χ1n) is 9.91. The lowest BCUT2D eigenvalue weighted by atomic mass is 9.78. The summed E-state index contributed by atoms with van der Waals surface area (Å²) in [5.74, 6) is 1.51. The van der Waals surface area contributed by atoms with Crippen LogP contribution >= 0.6 is 0 Å². The first kappa shape index (κ1) is 22.9. The van der Waals surface area contributed by atoms with Crippen LogP contribution in [0.5, 0.6) is 11.5 Å². The number of hydrogen-bond donors (Lipinski definition) is 2. The zero-order valence-electron chi connectivity index (χ0n) is 17.3. The molecule has 2 rings (SSSR count). The molecule has 0 bridgehead atoms. The molecule has 0 heterocycles. The Morgan fingerprint density at radius 3 is 2.00 bits per heavy atom.